The zero-order chi connectivity index (χ0) is 17.3. The van der Waals surface area contributed by atoms with Gasteiger partial charge in [-0.25, -0.2) is 4.79 Å². The Kier molecular flexibility index (Phi) is 4.92. The van der Waals surface area contributed by atoms with Gasteiger partial charge >= 0.3 is 6.03 Å². The van der Waals surface area contributed by atoms with Crippen LogP contribution in [0.1, 0.15) is 44.9 Å². The molecule has 2 N–H and O–H groups in total. The average Bonchev–Trinajstić information content (AvgIpc) is 2.53. The number of halogens is 1. The molecule has 4 bridgehead atoms. The Morgan fingerprint density at radius 1 is 1.16 bits per heavy atom. The highest BCUT2D eigenvalue weighted by atomic mass is 35.5. The van der Waals surface area contributed by atoms with Crippen LogP contribution in [-0.4, -0.2) is 24.8 Å². The molecule has 25 heavy (non-hydrogen) atoms. The van der Waals surface area contributed by atoms with E-state index in [9.17, 15) is 4.79 Å². The summed E-state index contributed by atoms with van der Waals surface area (Å²) in [6, 6.07) is 6.96. The maximum absolute atomic E-state index is 11.9. The molecule has 0 aromatic heterocycles. The number of urea groups is 1. The zero-order valence-corrected chi connectivity index (χ0v) is 15.4. The van der Waals surface area contributed by atoms with Gasteiger partial charge in [0.2, 0.25) is 0 Å². The van der Waals surface area contributed by atoms with E-state index in [1.807, 2.05) is 12.1 Å². The van der Waals surface area contributed by atoms with E-state index >= 15 is 0 Å². The first-order chi connectivity index (χ1) is 12.1. The second-order valence-corrected chi connectivity index (χ2v) is 8.63. The third-order valence-corrected chi connectivity index (χ3v) is 6.31. The van der Waals surface area contributed by atoms with Crippen LogP contribution in [0, 0.1) is 17.8 Å². The SMILES string of the molecule is O=C(NCCCOC12CC3CC(CC(C3)C1)C2)Nc1cccc(Cl)c1. The molecule has 0 spiro atoms. The van der Waals surface area contributed by atoms with Crippen LogP contribution in [0.2, 0.25) is 5.02 Å². The number of benzene rings is 1. The quantitative estimate of drug-likeness (QED) is 0.711. The highest BCUT2D eigenvalue weighted by molar-refractivity contribution is 6.30. The Labute approximate surface area is 154 Å². The molecule has 4 aliphatic carbocycles. The van der Waals surface area contributed by atoms with Crippen molar-refractivity contribution in [3.8, 4) is 0 Å². The number of rotatable bonds is 6. The highest BCUT2D eigenvalue weighted by Gasteiger charge is 2.51. The smallest absolute Gasteiger partial charge is 0.319 e. The summed E-state index contributed by atoms with van der Waals surface area (Å²) < 4.78 is 6.37. The molecule has 0 radical (unpaired) electrons. The number of hydrogen-bond donors (Lipinski definition) is 2. The van der Waals surface area contributed by atoms with E-state index in [1.54, 1.807) is 12.1 Å². The summed E-state index contributed by atoms with van der Waals surface area (Å²) in [7, 11) is 0. The molecule has 5 rings (SSSR count). The highest BCUT2D eigenvalue weighted by Crippen LogP contribution is 2.57. The molecular formula is C20H27ClN2O2. The van der Waals surface area contributed by atoms with Gasteiger partial charge in [0.1, 0.15) is 0 Å². The Hall–Kier alpha value is -1.26. The summed E-state index contributed by atoms with van der Waals surface area (Å²) >= 11 is 5.91. The minimum atomic E-state index is -0.197. The summed E-state index contributed by atoms with van der Waals surface area (Å²) in [4.78, 5) is 11.9. The number of carbonyl (C=O) groups excluding carboxylic acids is 1. The largest absolute Gasteiger partial charge is 0.375 e. The lowest BCUT2D eigenvalue weighted by atomic mass is 9.54. The number of carbonyl (C=O) groups is 1. The molecule has 136 valence electrons. The fourth-order valence-electron chi connectivity index (χ4n) is 5.51. The first-order valence-electron chi connectivity index (χ1n) is 9.55. The molecule has 4 saturated carbocycles. The van der Waals surface area contributed by atoms with Gasteiger partial charge in [-0.2, -0.15) is 0 Å². The summed E-state index contributed by atoms with van der Waals surface area (Å²) in [6.45, 7) is 1.36. The fraction of sp³-hybridized carbons (Fsp3) is 0.650. The van der Waals surface area contributed by atoms with Gasteiger partial charge in [-0.3, -0.25) is 0 Å². The summed E-state index contributed by atoms with van der Waals surface area (Å²) in [6.07, 6.45) is 8.96. The second kappa shape index (κ2) is 7.16. The van der Waals surface area contributed by atoms with Crippen LogP contribution in [-0.2, 0) is 4.74 Å². The van der Waals surface area contributed by atoms with Gasteiger partial charge in [-0.15, -0.1) is 0 Å². The van der Waals surface area contributed by atoms with Gasteiger partial charge in [-0.1, -0.05) is 17.7 Å². The molecule has 2 amide bonds. The van der Waals surface area contributed by atoms with E-state index in [1.165, 1.54) is 38.5 Å². The van der Waals surface area contributed by atoms with Crippen molar-refractivity contribution in [2.24, 2.45) is 17.8 Å². The van der Waals surface area contributed by atoms with Crippen molar-refractivity contribution in [2.45, 2.75) is 50.5 Å². The van der Waals surface area contributed by atoms with Gasteiger partial charge in [0.05, 0.1) is 5.60 Å². The predicted octanol–water partition coefficient (Wildman–Crippen LogP) is 4.84. The third kappa shape index (κ3) is 4.12. The van der Waals surface area contributed by atoms with Crippen molar-refractivity contribution in [1.82, 2.24) is 5.32 Å². The molecule has 0 unspecified atom stereocenters. The van der Waals surface area contributed by atoms with Crippen LogP contribution in [0.3, 0.4) is 0 Å². The van der Waals surface area contributed by atoms with Crippen molar-refractivity contribution in [3.63, 3.8) is 0 Å². The lowest BCUT2D eigenvalue weighted by Crippen LogP contribution is -2.52. The molecular weight excluding hydrogens is 336 g/mol. The molecule has 0 saturated heterocycles. The molecule has 5 heteroatoms. The normalized spacial score (nSPS) is 32.6. The van der Waals surface area contributed by atoms with Crippen molar-refractivity contribution < 1.29 is 9.53 Å². The minimum absolute atomic E-state index is 0.164. The van der Waals surface area contributed by atoms with E-state index in [0.29, 0.717) is 17.3 Å². The Bertz CT molecular complexity index is 599. The Morgan fingerprint density at radius 3 is 2.48 bits per heavy atom. The van der Waals surface area contributed by atoms with Crippen LogP contribution in [0.25, 0.3) is 0 Å². The molecule has 4 nitrogen and oxygen atoms in total. The Morgan fingerprint density at radius 2 is 1.84 bits per heavy atom. The zero-order valence-electron chi connectivity index (χ0n) is 14.6. The minimum Gasteiger partial charge on any atom is -0.375 e. The lowest BCUT2D eigenvalue weighted by Gasteiger charge is -2.56. The molecule has 1 aromatic rings. The van der Waals surface area contributed by atoms with Crippen molar-refractivity contribution in [2.75, 3.05) is 18.5 Å². The van der Waals surface area contributed by atoms with Gasteiger partial charge < -0.3 is 15.4 Å². The van der Waals surface area contributed by atoms with Crippen LogP contribution < -0.4 is 10.6 Å². The molecule has 0 heterocycles. The monoisotopic (exact) mass is 362 g/mol. The Balaban J connectivity index is 1.16. The topological polar surface area (TPSA) is 50.4 Å². The fourth-order valence-corrected chi connectivity index (χ4v) is 5.70. The average molecular weight is 363 g/mol. The van der Waals surface area contributed by atoms with Crippen LogP contribution >= 0.6 is 11.6 Å². The number of anilines is 1. The molecule has 0 atom stereocenters. The van der Waals surface area contributed by atoms with Crippen molar-refractivity contribution in [3.05, 3.63) is 29.3 Å². The molecule has 4 fully saturated rings. The van der Waals surface area contributed by atoms with E-state index in [4.69, 9.17) is 16.3 Å². The summed E-state index contributed by atoms with van der Waals surface area (Å²) in [5, 5.41) is 6.29. The maximum atomic E-state index is 11.9. The van der Waals surface area contributed by atoms with Gasteiger partial charge in [-0.05, 0) is 80.9 Å². The lowest BCUT2D eigenvalue weighted by molar-refractivity contribution is -0.162. The van der Waals surface area contributed by atoms with Gasteiger partial charge in [0, 0.05) is 23.9 Å². The predicted molar refractivity (Wildman–Crippen MR) is 99.9 cm³/mol. The number of ether oxygens (including phenoxy) is 1. The van der Waals surface area contributed by atoms with Crippen molar-refractivity contribution >= 4 is 23.3 Å². The van der Waals surface area contributed by atoms with Crippen LogP contribution in [0.15, 0.2) is 24.3 Å². The molecule has 4 aliphatic rings. The third-order valence-electron chi connectivity index (χ3n) is 6.08. The molecule has 1 aromatic carbocycles. The van der Waals surface area contributed by atoms with Crippen LogP contribution in [0.4, 0.5) is 10.5 Å². The number of hydrogen-bond acceptors (Lipinski definition) is 2. The summed E-state index contributed by atoms with van der Waals surface area (Å²) in [5.41, 5.74) is 0.868. The van der Waals surface area contributed by atoms with Gasteiger partial charge in [0.25, 0.3) is 0 Å². The molecule has 0 aliphatic heterocycles. The van der Waals surface area contributed by atoms with E-state index in [2.05, 4.69) is 10.6 Å². The van der Waals surface area contributed by atoms with E-state index in [-0.39, 0.29) is 11.6 Å². The second-order valence-electron chi connectivity index (χ2n) is 8.19. The standard InChI is InChI=1S/C20H27ClN2O2/c21-17-3-1-4-18(10-17)23-19(24)22-5-2-6-25-20-11-14-7-15(12-20)9-16(8-14)13-20/h1,3-4,10,14-16H,2,5-9,11-13H2,(H2,22,23,24). The summed E-state index contributed by atoms with van der Waals surface area (Å²) in [5.74, 6) is 2.73. The van der Waals surface area contributed by atoms with E-state index in [0.717, 1.165) is 30.8 Å². The first-order valence-corrected chi connectivity index (χ1v) is 9.92. The van der Waals surface area contributed by atoms with Gasteiger partial charge in [0.15, 0.2) is 0 Å². The van der Waals surface area contributed by atoms with E-state index < -0.39 is 0 Å². The van der Waals surface area contributed by atoms with Crippen molar-refractivity contribution in [1.29, 1.82) is 0 Å². The number of nitrogens with one attached hydrogen (secondary N) is 2. The number of amides is 2. The van der Waals surface area contributed by atoms with Crippen LogP contribution in [0.5, 0.6) is 0 Å². The first kappa shape index (κ1) is 17.2. The maximum Gasteiger partial charge on any atom is 0.319 e.